The zero-order chi connectivity index (χ0) is 20.4. The first-order valence-electron chi connectivity index (χ1n) is 8.72. The zero-order valence-corrected chi connectivity index (χ0v) is 15.3. The fraction of sp³-hybridized carbons (Fsp3) is 0. The van der Waals surface area contributed by atoms with Gasteiger partial charge in [-0.2, -0.15) is 4.98 Å². The summed E-state index contributed by atoms with van der Waals surface area (Å²) in [4.78, 5) is 24.0. The average Bonchev–Trinajstić information content (AvgIpc) is 3.05. The van der Waals surface area contributed by atoms with Gasteiger partial charge in [-0.15, -0.1) is 0 Å². The first kappa shape index (κ1) is 18.2. The van der Waals surface area contributed by atoms with Gasteiger partial charge in [0.15, 0.2) is 5.65 Å². The quantitative estimate of drug-likeness (QED) is 0.433. The molecule has 3 N–H and O–H groups in total. The highest BCUT2D eigenvalue weighted by atomic mass is 19.1. The Hall–Kier alpha value is -4.20. The number of imidazole rings is 1. The van der Waals surface area contributed by atoms with E-state index in [9.17, 15) is 9.18 Å². The van der Waals surface area contributed by atoms with E-state index in [4.69, 9.17) is 0 Å². The molecule has 29 heavy (non-hydrogen) atoms. The highest BCUT2D eigenvalue weighted by Crippen LogP contribution is 2.20. The smallest absolute Gasteiger partial charge is 0.332 e. The van der Waals surface area contributed by atoms with E-state index in [1.54, 1.807) is 30.3 Å². The number of aromatic nitrogens is 4. The number of benzene rings is 2. The first-order valence-corrected chi connectivity index (χ1v) is 8.72. The van der Waals surface area contributed by atoms with Gasteiger partial charge in [0.05, 0.1) is 11.9 Å². The molecule has 2 aromatic heterocycles. The lowest BCUT2D eigenvalue weighted by atomic mass is 10.2. The fourth-order valence-corrected chi connectivity index (χ4v) is 2.82. The Morgan fingerprint density at radius 3 is 2.72 bits per heavy atom. The van der Waals surface area contributed by atoms with Crippen molar-refractivity contribution >= 4 is 28.5 Å². The van der Waals surface area contributed by atoms with Crippen molar-refractivity contribution in [3.8, 4) is 5.69 Å². The third-order valence-electron chi connectivity index (χ3n) is 4.18. The van der Waals surface area contributed by atoms with Crippen LogP contribution in [0.4, 0.5) is 21.7 Å². The van der Waals surface area contributed by atoms with E-state index in [2.05, 4.69) is 38.7 Å². The lowest BCUT2D eigenvalue weighted by Gasteiger charge is -2.09. The molecule has 8 heteroatoms. The Labute approximate surface area is 165 Å². The van der Waals surface area contributed by atoms with Crippen LogP contribution >= 0.6 is 0 Å². The molecule has 0 radical (unpaired) electrons. The summed E-state index contributed by atoms with van der Waals surface area (Å²) in [5.41, 5.74) is 3.21. The molecule has 0 atom stereocenters. The summed E-state index contributed by atoms with van der Waals surface area (Å²) in [5.74, 6) is -0.0507. The van der Waals surface area contributed by atoms with E-state index in [-0.39, 0.29) is 17.5 Å². The standard InChI is InChI=1S/C21H17FN6O/c1-3-13(2)24-16-5-4-6-17(11-16)28-19-18(26-21(28)29)12-23-20(27-19)25-15-9-7-14(22)8-10-15/h3-12,24H,1-2H2,(H,26,29)(H,23,25,27). The molecule has 0 amide bonds. The van der Waals surface area contributed by atoms with E-state index in [1.807, 2.05) is 12.1 Å². The summed E-state index contributed by atoms with van der Waals surface area (Å²) in [6, 6.07) is 13.1. The maximum absolute atomic E-state index is 13.1. The minimum atomic E-state index is -0.340. The SMILES string of the molecule is C=CC(=C)Nc1cccc(-n2c(=O)[nH]c3cnc(Nc4ccc(F)cc4)nc32)c1. The van der Waals surface area contributed by atoms with E-state index in [1.165, 1.54) is 22.9 Å². The number of halogens is 1. The summed E-state index contributed by atoms with van der Waals surface area (Å²) < 4.78 is 14.5. The monoisotopic (exact) mass is 388 g/mol. The Bertz CT molecular complexity index is 1270. The maximum atomic E-state index is 13.1. The molecule has 2 aromatic carbocycles. The molecule has 0 fully saturated rings. The fourth-order valence-electron chi connectivity index (χ4n) is 2.82. The van der Waals surface area contributed by atoms with Gasteiger partial charge >= 0.3 is 5.69 Å². The molecule has 7 nitrogen and oxygen atoms in total. The van der Waals surface area contributed by atoms with Gasteiger partial charge < -0.3 is 15.6 Å². The summed E-state index contributed by atoms with van der Waals surface area (Å²) in [7, 11) is 0. The Morgan fingerprint density at radius 2 is 1.97 bits per heavy atom. The number of hydrogen-bond acceptors (Lipinski definition) is 5. The predicted octanol–water partition coefficient (Wildman–Crippen LogP) is 4.10. The van der Waals surface area contributed by atoms with Gasteiger partial charge in [0.2, 0.25) is 5.95 Å². The van der Waals surface area contributed by atoms with Crippen LogP contribution in [0.1, 0.15) is 0 Å². The molecular weight excluding hydrogens is 371 g/mol. The number of nitrogens with one attached hydrogen (secondary N) is 3. The van der Waals surface area contributed by atoms with Gasteiger partial charge in [-0.05, 0) is 48.5 Å². The van der Waals surface area contributed by atoms with Crippen molar-refractivity contribution in [3.63, 3.8) is 0 Å². The number of fused-ring (bicyclic) bond motifs is 1. The first-order chi connectivity index (χ1) is 14.0. The summed E-state index contributed by atoms with van der Waals surface area (Å²) >= 11 is 0. The summed E-state index contributed by atoms with van der Waals surface area (Å²) in [6.07, 6.45) is 3.12. The Balaban J connectivity index is 1.74. The van der Waals surface area contributed by atoms with Crippen LogP contribution in [0.2, 0.25) is 0 Å². The minimum Gasteiger partial charge on any atom is -0.356 e. The minimum absolute atomic E-state index is 0.283. The molecule has 0 saturated carbocycles. The molecule has 144 valence electrons. The normalized spacial score (nSPS) is 10.7. The number of nitrogens with zero attached hydrogens (tertiary/aromatic N) is 3. The molecular formula is C21H17FN6O. The second-order valence-corrected chi connectivity index (χ2v) is 6.23. The number of hydrogen-bond donors (Lipinski definition) is 3. The van der Waals surface area contributed by atoms with E-state index < -0.39 is 0 Å². The maximum Gasteiger partial charge on any atom is 0.332 e. The Kier molecular flexibility index (Phi) is 4.66. The predicted molar refractivity (Wildman–Crippen MR) is 112 cm³/mol. The third kappa shape index (κ3) is 3.77. The second kappa shape index (κ2) is 7.43. The molecule has 0 aliphatic heterocycles. The average molecular weight is 388 g/mol. The van der Waals surface area contributed by atoms with E-state index >= 15 is 0 Å². The summed E-state index contributed by atoms with van der Waals surface area (Å²) in [5, 5.41) is 6.10. The van der Waals surface area contributed by atoms with Gasteiger partial charge in [-0.25, -0.2) is 18.7 Å². The molecule has 4 aromatic rings. The molecule has 0 bridgehead atoms. The van der Waals surface area contributed by atoms with Crippen molar-refractivity contribution in [1.82, 2.24) is 19.5 Å². The lowest BCUT2D eigenvalue weighted by molar-refractivity contribution is 0.628. The molecule has 0 spiro atoms. The molecule has 4 rings (SSSR count). The number of H-pyrrole nitrogens is 1. The topological polar surface area (TPSA) is 87.6 Å². The largest absolute Gasteiger partial charge is 0.356 e. The highest BCUT2D eigenvalue weighted by Gasteiger charge is 2.12. The van der Waals surface area contributed by atoms with Crippen molar-refractivity contribution in [2.24, 2.45) is 0 Å². The van der Waals surface area contributed by atoms with Crippen molar-refractivity contribution in [1.29, 1.82) is 0 Å². The van der Waals surface area contributed by atoms with Gasteiger partial charge in [0.25, 0.3) is 0 Å². The number of rotatable bonds is 6. The lowest BCUT2D eigenvalue weighted by Crippen LogP contribution is -2.15. The van der Waals surface area contributed by atoms with Crippen LogP contribution in [0, 0.1) is 5.82 Å². The van der Waals surface area contributed by atoms with Crippen LogP contribution < -0.4 is 16.3 Å². The van der Waals surface area contributed by atoms with Gasteiger partial charge in [0, 0.05) is 17.1 Å². The molecule has 0 aliphatic carbocycles. The second-order valence-electron chi connectivity index (χ2n) is 6.23. The summed E-state index contributed by atoms with van der Waals surface area (Å²) in [6.45, 7) is 7.50. The molecule has 0 aliphatic rings. The van der Waals surface area contributed by atoms with Crippen LogP contribution in [-0.4, -0.2) is 19.5 Å². The molecule has 0 saturated heterocycles. The van der Waals surface area contributed by atoms with Crippen LogP contribution in [0.5, 0.6) is 0 Å². The van der Waals surface area contributed by atoms with Crippen molar-refractivity contribution < 1.29 is 4.39 Å². The highest BCUT2D eigenvalue weighted by molar-refractivity contribution is 5.74. The van der Waals surface area contributed by atoms with E-state index in [0.717, 1.165) is 5.69 Å². The molecule has 2 heterocycles. The van der Waals surface area contributed by atoms with Crippen molar-refractivity contribution in [2.75, 3.05) is 10.6 Å². The van der Waals surface area contributed by atoms with Crippen molar-refractivity contribution in [3.05, 3.63) is 96.0 Å². The van der Waals surface area contributed by atoms with Crippen LogP contribution in [-0.2, 0) is 0 Å². The number of allylic oxidation sites excluding steroid dienone is 1. The van der Waals surface area contributed by atoms with Gasteiger partial charge in [0.1, 0.15) is 11.3 Å². The third-order valence-corrected chi connectivity index (χ3v) is 4.18. The van der Waals surface area contributed by atoms with Gasteiger partial charge in [-0.3, -0.25) is 0 Å². The number of anilines is 3. The van der Waals surface area contributed by atoms with Gasteiger partial charge in [-0.1, -0.05) is 19.2 Å². The molecule has 0 unspecified atom stereocenters. The van der Waals surface area contributed by atoms with Crippen LogP contribution in [0.25, 0.3) is 16.9 Å². The van der Waals surface area contributed by atoms with E-state index in [0.29, 0.717) is 28.2 Å². The number of aromatic amines is 1. The van der Waals surface area contributed by atoms with Crippen LogP contribution in [0.3, 0.4) is 0 Å². The van der Waals surface area contributed by atoms with Crippen molar-refractivity contribution in [2.45, 2.75) is 0 Å². The zero-order valence-electron chi connectivity index (χ0n) is 15.3. The van der Waals surface area contributed by atoms with Crippen LogP contribution in [0.15, 0.2) is 84.5 Å². The Morgan fingerprint density at radius 1 is 1.17 bits per heavy atom.